The van der Waals surface area contributed by atoms with Gasteiger partial charge in [-0.3, -0.25) is 14.8 Å². The maximum atomic E-state index is 13.1. The lowest BCUT2D eigenvalue weighted by atomic mass is 9.92. The molecule has 0 aromatic heterocycles. The van der Waals surface area contributed by atoms with Crippen LogP contribution in [0.1, 0.15) is 41.2 Å². The first kappa shape index (κ1) is 26.5. The van der Waals surface area contributed by atoms with Gasteiger partial charge in [0.15, 0.2) is 0 Å². The summed E-state index contributed by atoms with van der Waals surface area (Å²) >= 11 is 0. The molecule has 1 aliphatic rings. The Bertz CT molecular complexity index is 1050. The summed E-state index contributed by atoms with van der Waals surface area (Å²) in [6.07, 6.45) is -9.28. The maximum Gasteiger partial charge on any atom is 0.416 e. The number of benzene rings is 2. The highest BCUT2D eigenvalue weighted by Crippen LogP contribution is 2.55. The molecule has 2 aromatic carbocycles. The Hall–Kier alpha value is -3.08. The van der Waals surface area contributed by atoms with Crippen LogP contribution in [0.25, 0.3) is 0 Å². The first-order chi connectivity index (χ1) is 16.3. The molecule has 35 heavy (non-hydrogen) atoms. The second-order valence-corrected chi connectivity index (χ2v) is 8.52. The fourth-order valence-electron chi connectivity index (χ4n) is 4.14. The van der Waals surface area contributed by atoms with Crippen LogP contribution in [0.4, 0.5) is 26.3 Å². The fraction of sp³-hybridized carbons (Fsp3) is 0.417. The number of ether oxygens (including phenoxy) is 1. The van der Waals surface area contributed by atoms with Gasteiger partial charge < -0.3 is 4.74 Å². The minimum atomic E-state index is -4.90. The van der Waals surface area contributed by atoms with Crippen molar-refractivity contribution in [1.82, 2.24) is 5.48 Å². The number of carbonyl (C=O) groups excluding carboxylic acids is 2. The topological polar surface area (TPSA) is 75.6 Å². The SMILES string of the molecule is CCOC(=O)[C@@]1(Cc2ccc(CCc3cc(C(F)(F)F)cc(C(F)(F)F)c3)cc2)C[C@@H]1C(=O)NO. The van der Waals surface area contributed by atoms with Gasteiger partial charge in [0.1, 0.15) is 0 Å². The molecule has 1 amide bonds. The number of hydroxylamine groups is 1. The van der Waals surface area contributed by atoms with E-state index < -0.39 is 46.7 Å². The van der Waals surface area contributed by atoms with E-state index in [-0.39, 0.29) is 43.9 Å². The minimum Gasteiger partial charge on any atom is -0.466 e. The van der Waals surface area contributed by atoms with Crippen LogP contribution in [-0.2, 0) is 45.9 Å². The molecule has 1 saturated carbocycles. The Labute approximate surface area is 197 Å². The highest BCUT2D eigenvalue weighted by molar-refractivity contribution is 5.93. The number of rotatable bonds is 8. The third-order valence-corrected chi connectivity index (χ3v) is 6.08. The number of hydrogen-bond donors (Lipinski definition) is 2. The van der Waals surface area contributed by atoms with E-state index in [4.69, 9.17) is 9.94 Å². The van der Waals surface area contributed by atoms with Crippen molar-refractivity contribution in [2.45, 2.75) is 45.0 Å². The Morgan fingerprint density at radius 1 is 0.943 bits per heavy atom. The summed E-state index contributed by atoms with van der Waals surface area (Å²) in [5, 5.41) is 8.89. The molecule has 1 fully saturated rings. The summed E-state index contributed by atoms with van der Waals surface area (Å²) in [5.74, 6) is -1.98. The van der Waals surface area contributed by atoms with Gasteiger partial charge in [0, 0.05) is 0 Å². The summed E-state index contributed by atoms with van der Waals surface area (Å²) < 4.78 is 83.4. The molecule has 0 saturated heterocycles. The van der Waals surface area contributed by atoms with Crippen molar-refractivity contribution >= 4 is 11.9 Å². The van der Waals surface area contributed by atoms with Gasteiger partial charge in [-0.1, -0.05) is 24.3 Å². The second kappa shape index (κ2) is 9.88. The van der Waals surface area contributed by atoms with E-state index in [0.29, 0.717) is 23.3 Å². The summed E-state index contributed by atoms with van der Waals surface area (Å²) in [7, 11) is 0. The quantitative estimate of drug-likeness (QED) is 0.227. The fourth-order valence-corrected chi connectivity index (χ4v) is 4.14. The average molecular weight is 503 g/mol. The van der Waals surface area contributed by atoms with Gasteiger partial charge in [-0.05, 0) is 67.5 Å². The smallest absolute Gasteiger partial charge is 0.416 e. The average Bonchev–Trinajstić information content (AvgIpc) is 3.52. The van der Waals surface area contributed by atoms with Gasteiger partial charge in [0.2, 0.25) is 5.91 Å². The third kappa shape index (κ3) is 6.14. The van der Waals surface area contributed by atoms with Crippen molar-refractivity contribution in [3.8, 4) is 0 Å². The third-order valence-electron chi connectivity index (χ3n) is 6.08. The van der Waals surface area contributed by atoms with Crippen LogP contribution in [0.5, 0.6) is 0 Å². The number of esters is 1. The molecule has 0 heterocycles. The summed E-state index contributed by atoms with van der Waals surface area (Å²) in [6, 6.07) is 8.20. The number of amides is 1. The van der Waals surface area contributed by atoms with Gasteiger partial charge >= 0.3 is 18.3 Å². The maximum absolute atomic E-state index is 13.1. The largest absolute Gasteiger partial charge is 0.466 e. The van der Waals surface area contributed by atoms with Crippen LogP contribution in [0.3, 0.4) is 0 Å². The van der Waals surface area contributed by atoms with Crippen molar-refractivity contribution in [3.05, 3.63) is 70.3 Å². The van der Waals surface area contributed by atoms with Gasteiger partial charge in [-0.25, -0.2) is 5.48 Å². The number of aryl methyl sites for hydroxylation is 2. The molecule has 5 nitrogen and oxygen atoms in total. The molecular formula is C24H23F6NO4. The van der Waals surface area contributed by atoms with E-state index in [9.17, 15) is 35.9 Å². The van der Waals surface area contributed by atoms with Crippen LogP contribution in [0, 0.1) is 11.3 Å². The van der Waals surface area contributed by atoms with Gasteiger partial charge in [0.05, 0.1) is 29.1 Å². The van der Waals surface area contributed by atoms with Crippen LogP contribution < -0.4 is 5.48 Å². The summed E-state index contributed by atoms with van der Waals surface area (Å²) in [6.45, 7) is 1.75. The highest BCUT2D eigenvalue weighted by atomic mass is 19.4. The molecule has 2 aromatic rings. The summed E-state index contributed by atoms with van der Waals surface area (Å²) in [4.78, 5) is 24.3. The molecule has 0 unspecified atom stereocenters. The predicted octanol–water partition coefficient (Wildman–Crippen LogP) is 5.13. The molecule has 190 valence electrons. The Morgan fingerprint density at radius 2 is 1.46 bits per heavy atom. The van der Waals surface area contributed by atoms with Crippen LogP contribution in [-0.4, -0.2) is 23.7 Å². The first-order valence-corrected chi connectivity index (χ1v) is 10.8. The second-order valence-electron chi connectivity index (χ2n) is 8.52. The predicted molar refractivity (Wildman–Crippen MR) is 111 cm³/mol. The lowest BCUT2D eigenvalue weighted by molar-refractivity contribution is -0.152. The Balaban J connectivity index is 1.72. The monoisotopic (exact) mass is 503 g/mol. The van der Waals surface area contributed by atoms with E-state index in [2.05, 4.69) is 0 Å². The van der Waals surface area contributed by atoms with Crippen LogP contribution >= 0.6 is 0 Å². The molecule has 0 radical (unpaired) electrons. The number of alkyl halides is 6. The van der Waals surface area contributed by atoms with E-state index in [0.717, 1.165) is 0 Å². The van der Waals surface area contributed by atoms with Crippen LogP contribution in [0.2, 0.25) is 0 Å². The number of halogens is 6. The number of nitrogens with one attached hydrogen (secondary N) is 1. The van der Waals surface area contributed by atoms with Crippen molar-refractivity contribution in [3.63, 3.8) is 0 Å². The molecule has 1 aliphatic carbocycles. The molecule has 2 atom stereocenters. The summed E-state index contributed by atoms with van der Waals surface area (Å²) in [5.41, 5.74) is -0.993. The molecular weight excluding hydrogens is 480 g/mol. The van der Waals surface area contributed by atoms with E-state index in [1.165, 1.54) is 0 Å². The molecule has 3 rings (SSSR count). The first-order valence-electron chi connectivity index (χ1n) is 10.8. The Kier molecular flexibility index (Phi) is 7.49. The molecule has 0 aliphatic heterocycles. The van der Waals surface area contributed by atoms with Crippen molar-refractivity contribution in [1.29, 1.82) is 0 Å². The van der Waals surface area contributed by atoms with E-state index in [1.54, 1.807) is 36.7 Å². The zero-order valence-corrected chi connectivity index (χ0v) is 18.6. The van der Waals surface area contributed by atoms with Gasteiger partial charge in [-0.15, -0.1) is 0 Å². The normalized spacial score (nSPS) is 19.8. The van der Waals surface area contributed by atoms with Crippen molar-refractivity contribution in [2.75, 3.05) is 6.61 Å². The van der Waals surface area contributed by atoms with Gasteiger partial charge in [0.25, 0.3) is 0 Å². The molecule has 2 N–H and O–H groups in total. The lowest BCUT2D eigenvalue weighted by Gasteiger charge is -2.16. The minimum absolute atomic E-state index is 0.0438. The molecule has 0 spiro atoms. The van der Waals surface area contributed by atoms with E-state index >= 15 is 0 Å². The zero-order chi connectivity index (χ0) is 26.0. The highest BCUT2D eigenvalue weighted by Gasteiger charge is 2.64. The molecule has 0 bridgehead atoms. The van der Waals surface area contributed by atoms with Crippen molar-refractivity contribution < 1.29 is 45.9 Å². The number of hydrogen-bond acceptors (Lipinski definition) is 4. The van der Waals surface area contributed by atoms with Crippen LogP contribution in [0.15, 0.2) is 42.5 Å². The van der Waals surface area contributed by atoms with E-state index in [1.807, 2.05) is 0 Å². The standard InChI is InChI=1S/C24H23F6NO4/c1-2-35-21(33)22(13-19(22)20(32)31-34)12-15-6-3-14(4-7-15)5-8-16-9-17(23(25,26)27)11-18(10-16)24(28,29)30/h3-4,6-7,9-11,19,34H,2,5,8,12-13H2,1H3,(H,31,32)/t19-,22+/m1/s1. The van der Waals surface area contributed by atoms with Gasteiger partial charge in [-0.2, -0.15) is 26.3 Å². The zero-order valence-electron chi connectivity index (χ0n) is 18.6. The van der Waals surface area contributed by atoms with Crippen molar-refractivity contribution in [2.24, 2.45) is 11.3 Å². The molecule has 11 heteroatoms. The number of carbonyl (C=O) groups is 2. The lowest BCUT2D eigenvalue weighted by Crippen LogP contribution is -2.30. The Morgan fingerprint density at radius 3 is 1.94 bits per heavy atom.